The molecular weight excluding hydrogens is 250 g/mol. The zero-order chi connectivity index (χ0) is 14.1. The van der Waals surface area contributed by atoms with Crippen molar-refractivity contribution in [3.05, 3.63) is 30.1 Å². The van der Waals surface area contributed by atoms with Crippen LogP contribution in [0.15, 0.2) is 24.4 Å². The van der Waals surface area contributed by atoms with Gasteiger partial charge < -0.3 is 19.9 Å². The highest BCUT2D eigenvalue weighted by Gasteiger charge is 2.24. The molecule has 0 saturated carbocycles. The highest BCUT2D eigenvalue weighted by molar-refractivity contribution is 5.56. The summed E-state index contributed by atoms with van der Waals surface area (Å²) in [5, 5.41) is 0. The number of imidazole rings is 1. The molecule has 0 aromatic carbocycles. The van der Waals surface area contributed by atoms with Gasteiger partial charge in [0.05, 0.1) is 5.69 Å². The average molecular weight is 273 g/mol. The van der Waals surface area contributed by atoms with Crippen molar-refractivity contribution in [2.45, 2.75) is 25.9 Å². The van der Waals surface area contributed by atoms with Gasteiger partial charge in [-0.25, -0.2) is 4.98 Å². The van der Waals surface area contributed by atoms with Gasteiger partial charge in [-0.15, -0.1) is 0 Å². The van der Waals surface area contributed by atoms with E-state index in [0.717, 1.165) is 36.8 Å². The second kappa shape index (κ2) is 5.42. The zero-order valence-corrected chi connectivity index (χ0v) is 12.3. The molecule has 0 amide bonds. The van der Waals surface area contributed by atoms with Crippen LogP contribution in [0.25, 0.3) is 5.65 Å². The van der Waals surface area contributed by atoms with Gasteiger partial charge in [0.25, 0.3) is 0 Å². The van der Waals surface area contributed by atoms with E-state index in [2.05, 4.69) is 28.2 Å². The molecule has 0 bridgehead atoms. The fourth-order valence-electron chi connectivity index (χ4n) is 3.14. The third kappa shape index (κ3) is 2.27. The molecule has 0 radical (unpaired) electrons. The molecule has 2 aromatic heterocycles. The first-order valence-corrected chi connectivity index (χ1v) is 7.32. The van der Waals surface area contributed by atoms with Gasteiger partial charge in [0.2, 0.25) is 0 Å². The molecule has 5 heteroatoms. The minimum Gasteiger partial charge on any atom is -0.351 e. The van der Waals surface area contributed by atoms with Gasteiger partial charge in [0, 0.05) is 31.9 Å². The van der Waals surface area contributed by atoms with E-state index in [1.54, 1.807) is 0 Å². The third-order valence-electron chi connectivity index (χ3n) is 4.12. The molecule has 1 saturated heterocycles. The van der Waals surface area contributed by atoms with E-state index >= 15 is 0 Å². The molecule has 3 heterocycles. The average Bonchev–Trinajstić information content (AvgIpc) is 2.72. The fraction of sp³-hybridized carbons (Fsp3) is 0.533. The second-order valence-electron chi connectivity index (χ2n) is 5.67. The Morgan fingerprint density at radius 3 is 3.00 bits per heavy atom. The van der Waals surface area contributed by atoms with Crippen LogP contribution >= 0.6 is 0 Å². The first-order valence-electron chi connectivity index (χ1n) is 7.32. The Bertz CT molecular complexity index is 591. The molecular formula is C15H23N5. The van der Waals surface area contributed by atoms with Gasteiger partial charge in [-0.1, -0.05) is 6.07 Å². The standard InChI is InChI=1S/C15H23N5/c1-12-11-18(2)7-5-9-19(12)15-13(10-16)20-8-4-3-6-14(20)17-15/h3-4,6,8,12H,5,7,9-11,16H2,1-2H3. The maximum absolute atomic E-state index is 5.98. The summed E-state index contributed by atoms with van der Waals surface area (Å²) in [7, 11) is 2.19. The summed E-state index contributed by atoms with van der Waals surface area (Å²) in [6, 6.07) is 6.54. The SMILES string of the molecule is CC1CN(C)CCCN1c1nc2ccccn2c1CN. The van der Waals surface area contributed by atoms with Crippen molar-refractivity contribution in [3.8, 4) is 0 Å². The Balaban J connectivity index is 2.04. The van der Waals surface area contributed by atoms with E-state index in [-0.39, 0.29) is 0 Å². The van der Waals surface area contributed by atoms with E-state index < -0.39 is 0 Å². The van der Waals surface area contributed by atoms with Gasteiger partial charge in [-0.05, 0) is 39.1 Å². The normalized spacial score (nSPS) is 21.4. The Labute approximate surface area is 120 Å². The summed E-state index contributed by atoms with van der Waals surface area (Å²) in [6.45, 7) is 6.04. The van der Waals surface area contributed by atoms with Crippen LogP contribution in [-0.4, -0.2) is 47.0 Å². The van der Waals surface area contributed by atoms with E-state index in [0.29, 0.717) is 12.6 Å². The maximum Gasteiger partial charge on any atom is 0.152 e. The molecule has 5 nitrogen and oxygen atoms in total. The number of anilines is 1. The molecule has 0 spiro atoms. The molecule has 20 heavy (non-hydrogen) atoms. The topological polar surface area (TPSA) is 49.8 Å². The van der Waals surface area contributed by atoms with Crippen LogP contribution in [0.3, 0.4) is 0 Å². The predicted octanol–water partition coefficient (Wildman–Crippen LogP) is 1.32. The van der Waals surface area contributed by atoms with Gasteiger partial charge in [0.15, 0.2) is 5.82 Å². The zero-order valence-electron chi connectivity index (χ0n) is 12.3. The number of likely N-dealkylation sites (N-methyl/N-ethyl adjacent to an activating group) is 1. The van der Waals surface area contributed by atoms with Crippen molar-refractivity contribution in [3.63, 3.8) is 0 Å². The minimum atomic E-state index is 0.456. The van der Waals surface area contributed by atoms with Crippen LogP contribution in [0.5, 0.6) is 0 Å². The van der Waals surface area contributed by atoms with Crippen LogP contribution in [0.4, 0.5) is 5.82 Å². The predicted molar refractivity (Wildman–Crippen MR) is 82.0 cm³/mol. The first-order chi connectivity index (χ1) is 9.70. The van der Waals surface area contributed by atoms with E-state index in [1.807, 2.05) is 24.4 Å². The fourth-order valence-corrected chi connectivity index (χ4v) is 3.14. The molecule has 1 unspecified atom stereocenters. The third-order valence-corrected chi connectivity index (χ3v) is 4.12. The van der Waals surface area contributed by atoms with Crippen LogP contribution < -0.4 is 10.6 Å². The number of nitrogens with two attached hydrogens (primary N) is 1. The van der Waals surface area contributed by atoms with Crippen LogP contribution in [0.1, 0.15) is 19.0 Å². The molecule has 1 aliphatic rings. The van der Waals surface area contributed by atoms with Crippen LogP contribution in [0, 0.1) is 0 Å². The van der Waals surface area contributed by atoms with Gasteiger partial charge >= 0.3 is 0 Å². The largest absolute Gasteiger partial charge is 0.351 e. The summed E-state index contributed by atoms with van der Waals surface area (Å²) < 4.78 is 2.11. The van der Waals surface area contributed by atoms with E-state index in [4.69, 9.17) is 10.7 Å². The number of pyridine rings is 1. The number of fused-ring (bicyclic) bond motifs is 1. The van der Waals surface area contributed by atoms with Crippen LogP contribution in [-0.2, 0) is 6.54 Å². The Morgan fingerprint density at radius 1 is 1.35 bits per heavy atom. The molecule has 1 fully saturated rings. The van der Waals surface area contributed by atoms with Crippen molar-refractivity contribution in [2.24, 2.45) is 5.73 Å². The van der Waals surface area contributed by atoms with Gasteiger partial charge in [-0.2, -0.15) is 0 Å². The van der Waals surface area contributed by atoms with Crippen molar-refractivity contribution in [1.82, 2.24) is 14.3 Å². The van der Waals surface area contributed by atoms with Crippen molar-refractivity contribution < 1.29 is 0 Å². The van der Waals surface area contributed by atoms with Crippen molar-refractivity contribution >= 4 is 11.5 Å². The lowest BCUT2D eigenvalue weighted by molar-refractivity contribution is 0.337. The molecule has 0 aliphatic carbocycles. The van der Waals surface area contributed by atoms with Crippen molar-refractivity contribution in [1.29, 1.82) is 0 Å². The molecule has 108 valence electrons. The monoisotopic (exact) mass is 273 g/mol. The van der Waals surface area contributed by atoms with Gasteiger partial charge in [0.1, 0.15) is 5.65 Å². The lowest BCUT2D eigenvalue weighted by Crippen LogP contribution is -2.38. The quantitative estimate of drug-likeness (QED) is 0.896. The van der Waals surface area contributed by atoms with E-state index in [1.165, 1.54) is 6.42 Å². The number of hydrogen-bond acceptors (Lipinski definition) is 4. The Morgan fingerprint density at radius 2 is 2.20 bits per heavy atom. The molecule has 2 aromatic rings. The molecule has 2 N–H and O–H groups in total. The lowest BCUT2D eigenvalue weighted by atomic mass is 10.2. The highest BCUT2D eigenvalue weighted by Crippen LogP contribution is 2.25. The van der Waals surface area contributed by atoms with E-state index in [9.17, 15) is 0 Å². The summed E-state index contributed by atoms with van der Waals surface area (Å²) in [5.74, 6) is 1.06. The molecule has 3 rings (SSSR count). The highest BCUT2D eigenvalue weighted by atomic mass is 15.3. The molecule has 1 atom stereocenters. The first kappa shape index (κ1) is 13.4. The summed E-state index contributed by atoms with van der Waals surface area (Å²) in [4.78, 5) is 9.62. The number of rotatable bonds is 2. The Kier molecular flexibility index (Phi) is 3.63. The number of hydrogen-bond donors (Lipinski definition) is 1. The molecule has 1 aliphatic heterocycles. The summed E-state index contributed by atoms with van der Waals surface area (Å²) >= 11 is 0. The second-order valence-corrected chi connectivity index (χ2v) is 5.67. The minimum absolute atomic E-state index is 0.456. The van der Waals surface area contributed by atoms with Gasteiger partial charge in [-0.3, -0.25) is 0 Å². The lowest BCUT2D eigenvalue weighted by Gasteiger charge is -2.29. The maximum atomic E-state index is 5.98. The summed E-state index contributed by atoms with van der Waals surface area (Å²) in [5.41, 5.74) is 8.07. The smallest absolute Gasteiger partial charge is 0.152 e. The summed E-state index contributed by atoms with van der Waals surface area (Å²) in [6.07, 6.45) is 3.21. The van der Waals surface area contributed by atoms with Crippen molar-refractivity contribution in [2.75, 3.05) is 31.6 Å². The number of aromatic nitrogens is 2. The number of nitrogens with zero attached hydrogens (tertiary/aromatic N) is 4. The Hall–Kier alpha value is -1.59. The van der Waals surface area contributed by atoms with Crippen LogP contribution in [0.2, 0.25) is 0 Å².